The molecule has 0 radical (unpaired) electrons. The van der Waals surface area contributed by atoms with Gasteiger partial charge in [-0.05, 0) is 26.7 Å². The summed E-state index contributed by atoms with van der Waals surface area (Å²) in [6.07, 6.45) is 25.1. The molecule has 28 heavy (non-hydrogen) atoms. The Balaban J connectivity index is 3.09. The Morgan fingerprint density at radius 3 is 1.25 bits per heavy atom. The molecule has 3 nitrogen and oxygen atoms in total. The van der Waals surface area contributed by atoms with Crippen LogP contribution in [0.15, 0.2) is 11.6 Å². The minimum Gasteiger partial charge on any atom is -0.463 e. The number of ether oxygens (including phenoxy) is 1. The molecular formula is C25H48O3. The molecule has 0 saturated carbocycles. The minimum atomic E-state index is -0.200. The molecule has 0 aliphatic carbocycles. The molecule has 0 aromatic rings. The molecule has 0 spiro atoms. The van der Waals surface area contributed by atoms with Crippen molar-refractivity contribution < 1.29 is 14.6 Å². The van der Waals surface area contributed by atoms with E-state index in [1.165, 1.54) is 103 Å². The lowest BCUT2D eigenvalue weighted by Crippen LogP contribution is -2.02. The van der Waals surface area contributed by atoms with E-state index in [1.807, 2.05) is 13.8 Å². The van der Waals surface area contributed by atoms with E-state index in [0.29, 0.717) is 13.2 Å². The van der Waals surface area contributed by atoms with Gasteiger partial charge in [-0.3, -0.25) is 0 Å². The van der Waals surface area contributed by atoms with Crippen LogP contribution in [0.25, 0.3) is 0 Å². The third kappa shape index (κ3) is 23.2. The number of rotatable bonds is 21. The summed E-state index contributed by atoms with van der Waals surface area (Å²) in [6.45, 7) is 4.74. The van der Waals surface area contributed by atoms with E-state index < -0.39 is 0 Å². The fourth-order valence-electron chi connectivity index (χ4n) is 3.49. The maximum atomic E-state index is 11.3. The lowest BCUT2D eigenvalue weighted by molar-refractivity contribution is -0.137. The van der Waals surface area contributed by atoms with Crippen LogP contribution < -0.4 is 0 Å². The molecule has 0 aliphatic heterocycles. The van der Waals surface area contributed by atoms with Crippen LogP contribution in [0, 0.1) is 0 Å². The zero-order chi connectivity index (χ0) is 20.7. The number of allylic oxidation sites excluding steroid dienone is 1. The standard InChI is InChI=1S/C25H48O3/c1-24(2)23-25(27)28-22-20-18-16-14-12-10-8-6-4-3-5-7-9-11-13-15-17-19-21-26/h23,26H,3-22H2,1-2H3. The highest BCUT2D eigenvalue weighted by Gasteiger charge is 1.98. The Morgan fingerprint density at radius 2 is 0.929 bits per heavy atom. The maximum absolute atomic E-state index is 11.3. The van der Waals surface area contributed by atoms with Gasteiger partial charge in [0, 0.05) is 12.7 Å². The Kier molecular flexibility index (Phi) is 21.8. The van der Waals surface area contributed by atoms with Crippen LogP contribution in [-0.2, 0) is 9.53 Å². The summed E-state index contributed by atoms with van der Waals surface area (Å²) in [7, 11) is 0. The van der Waals surface area contributed by atoms with Crippen molar-refractivity contribution in [3.63, 3.8) is 0 Å². The van der Waals surface area contributed by atoms with Crippen molar-refractivity contribution in [2.75, 3.05) is 13.2 Å². The molecule has 0 amide bonds. The van der Waals surface area contributed by atoms with Crippen molar-refractivity contribution in [1.82, 2.24) is 0 Å². The fourth-order valence-corrected chi connectivity index (χ4v) is 3.49. The third-order valence-corrected chi connectivity index (χ3v) is 5.20. The molecule has 0 aromatic carbocycles. The maximum Gasteiger partial charge on any atom is 0.330 e. The van der Waals surface area contributed by atoms with Gasteiger partial charge in [0.1, 0.15) is 0 Å². The van der Waals surface area contributed by atoms with Crippen LogP contribution in [0.1, 0.15) is 129 Å². The molecule has 1 N–H and O–H groups in total. The highest BCUT2D eigenvalue weighted by atomic mass is 16.5. The van der Waals surface area contributed by atoms with Crippen LogP contribution in [0.3, 0.4) is 0 Å². The second-order valence-electron chi connectivity index (χ2n) is 8.48. The fraction of sp³-hybridized carbons (Fsp3) is 0.880. The number of carbonyl (C=O) groups excluding carboxylic acids is 1. The first kappa shape index (κ1) is 27.2. The SMILES string of the molecule is CC(C)=CC(=O)OCCCCCCCCCCCCCCCCCCCCO. The van der Waals surface area contributed by atoms with Gasteiger partial charge in [0.2, 0.25) is 0 Å². The quantitative estimate of drug-likeness (QED) is 0.124. The molecule has 0 rings (SSSR count). The average Bonchev–Trinajstić information content (AvgIpc) is 2.66. The molecule has 0 heterocycles. The molecule has 0 bridgehead atoms. The Morgan fingerprint density at radius 1 is 0.607 bits per heavy atom. The molecule has 0 aromatic heterocycles. The molecule has 0 aliphatic rings. The minimum absolute atomic E-state index is 0.200. The summed E-state index contributed by atoms with van der Waals surface area (Å²) < 4.78 is 5.16. The summed E-state index contributed by atoms with van der Waals surface area (Å²) in [5.74, 6) is -0.200. The van der Waals surface area contributed by atoms with Crippen molar-refractivity contribution in [1.29, 1.82) is 0 Å². The number of carbonyl (C=O) groups is 1. The summed E-state index contributed by atoms with van der Waals surface area (Å²) in [4.78, 5) is 11.3. The van der Waals surface area contributed by atoms with E-state index in [-0.39, 0.29) is 5.97 Å². The Bertz CT molecular complexity index is 359. The molecule has 0 atom stereocenters. The number of unbranched alkanes of at least 4 members (excludes halogenated alkanes) is 17. The van der Waals surface area contributed by atoms with Crippen LogP contribution >= 0.6 is 0 Å². The average molecular weight is 397 g/mol. The van der Waals surface area contributed by atoms with Crippen LogP contribution in [-0.4, -0.2) is 24.3 Å². The molecule has 0 unspecified atom stereocenters. The molecule has 166 valence electrons. The van der Waals surface area contributed by atoms with Crippen molar-refractivity contribution in [2.45, 2.75) is 129 Å². The van der Waals surface area contributed by atoms with Gasteiger partial charge < -0.3 is 9.84 Å². The first-order valence-electron chi connectivity index (χ1n) is 12.1. The molecule has 0 saturated heterocycles. The Hall–Kier alpha value is -0.830. The van der Waals surface area contributed by atoms with Gasteiger partial charge in [-0.2, -0.15) is 0 Å². The van der Waals surface area contributed by atoms with E-state index in [4.69, 9.17) is 9.84 Å². The van der Waals surface area contributed by atoms with Crippen molar-refractivity contribution in [2.24, 2.45) is 0 Å². The van der Waals surface area contributed by atoms with Gasteiger partial charge in [0.05, 0.1) is 6.61 Å². The summed E-state index contributed by atoms with van der Waals surface area (Å²) in [5.41, 5.74) is 0.992. The zero-order valence-corrected chi connectivity index (χ0v) is 19.0. The highest BCUT2D eigenvalue weighted by Crippen LogP contribution is 2.14. The van der Waals surface area contributed by atoms with Gasteiger partial charge >= 0.3 is 5.97 Å². The van der Waals surface area contributed by atoms with Gasteiger partial charge in [-0.25, -0.2) is 4.79 Å². The predicted molar refractivity (Wildman–Crippen MR) is 121 cm³/mol. The van der Waals surface area contributed by atoms with Gasteiger partial charge in [-0.1, -0.05) is 108 Å². The van der Waals surface area contributed by atoms with E-state index in [1.54, 1.807) is 6.08 Å². The molecular weight excluding hydrogens is 348 g/mol. The lowest BCUT2D eigenvalue weighted by atomic mass is 10.0. The molecule has 3 heteroatoms. The summed E-state index contributed by atoms with van der Waals surface area (Å²) in [5, 5.41) is 8.73. The number of esters is 1. The zero-order valence-electron chi connectivity index (χ0n) is 19.0. The lowest BCUT2D eigenvalue weighted by Gasteiger charge is -2.04. The van der Waals surface area contributed by atoms with Crippen LogP contribution in [0.4, 0.5) is 0 Å². The van der Waals surface area contributed by atoms with E-state index >= 15 is 0 Å². The highest BCUT2D eigenvalue weighted by molar-refractivity contribution is 5.82. The molecule has 0 fully saturated rings. The second kappa shape index (κ2) is 22.5. The van der Waals surface area contributed by atoms with E-state index in [2.05, 4.69) is 0 Å². The largest absolute Gasteiger partial charge is 0.463 e. The Labute approximate surface area is 175 Å². The second-order valence-corrected chi connectivity index (χ2v) is 8.48. The number of aliphatic hydroxyl groups excluding tert-OH is 1. The number of aliphatic hydroxyl groups is 1. The number of hydrogen-bond donors (Lipinski definition) is 1. The first-order chi connectivity index (χ1) is 13.7. The van der Waals surface area contributed by atoms with Gasteiger partial charge in [0.25, 0.3) is 0 Å². The van der Waals surface area contributed by atoms with Crippen molar-refractivity contribution in [3.05, 3.63) is 11.6 Å². The summed E-state index contributed by atoms with van der Waals surface area (Å²) in [6, 6.07) is 0. The van der Waals surface area contributed by atoms with E-state index in [9.17, 15) is 4.79 Å². The van der Waals surface area contributed by atoms with Crippen molar-refractivity contribution in [3.8, 4) is 0 Å². The predicted octanol–water partition coefficient (Wildman–Crippen LogP) is 7.51. The van der Waals surface area contributed by atoms with Crippen LogP contribution in [0.5, 0.6) is 0 Å². The van der Waals surface area contributed by atoms with Gasteiger partial charge in [-0.15, -0.1) is 0 Å². The smallest absolute Gasteiger partial charge is 0.330 e. The van der Waals surface area contributed by atoms with Crippen molar-refractivity contribution >= 4 is 5.97 Å². The first-order valence-corrected chi connectivity index (χ1v) is 12.1. The monoisotopic (exact) mass is 396 g/mol. The summed E-state index contributed by atoms with van der Waals surface area (Å²) >= 11 is 0. The van der Waals surface area contributed by atoms with E-state index in [0.717, 1.165) is 18.4 Å². The number of hydrogen-bond acceptors (Lipinski definition) is 3. The topological polar surface area (TPSA) is 46.5 Å². The normalized spacial score (nSPS) is 10.8. The van der Waals surface area contributed by atoms with Gasteiger partial charge in [0.15, 0.2) is 0 Å². The van der Waals surface area contributed by atoms with Crippen LogP contribution in [0.2, 0.25) is 0 Å². The third-order valence-electron chi connectivity index (χ3n) is 5.20.